The van der Waals surface area contributed by atoms with Crippen molar-refractivity contribution in [1.29, 1.82) is 0 Å². The highest BCUT2D eigenvalue weighted by Crippen LogP contribution is 2.06. The van der Waals surface area contributed by atoms with Crippen molar-refractivity contribution >= 4 is 11.9 Å². The molecular weight excluding hydrogens is 211 g/mol. The van der Waals surface area contributed by atoms with E-state index in [4.69, 9.17) is 0 Å². The summed E-state index contributed by atoms with van der Waals surface area (Å²) in [4.78, 5) is 15.4. The van der Waals surface area contributed by atoms with Gasteiger partial charge in [-0.05, 0) is 18.2 Å². The van der Waals surface area contributed by atoms with Crippen LogP contribution in [-0.2, 0) is 7.05 Å². The second-order valence-electron chi connectivity index (χ2n) is 3.21. The van der Waals surface area contributed by atoms with Gasteiger partial charge in [0.25, 0.3) is 5.91 Å². The second kappa shape index (κ2) is 4.09. The van der Waals surface area contributed by atoms with Gasteiger partial charge >= 0.3 is 0 Å². The number of aryl methyl sites for hydroxylation is 1. The van der Waals surface area contributed by atoms with Crippen LogP contribution >= 0.6 is 0 Å². The van der Waals surface area contributed by atoms with E-state index in [0.29, 0.717) is 0 Å². The van der Waals surface area contributed by atoms with E-state index in [1.807, 2.05) is 0 Å². The third kappa shape index (κ3) is 2.22. The minimum Gasteiger partial charge on any atom is -0.289 e. The molecule has 0 saturated heterocycles. The molecule has 6 heteroatoms. The average Bonchev–Trinajstić information content (AvgIpc) is 2.64. The Labute approximate surface area is 90.9 Å². The zero-order valence-electron chi connectivity index (χ0n) is 8.51. The van der Waals surface area contributed by atoms with Gasteiger partial charge in [-0.25, -0.2) is 9.37 Å². The molecule has 1 N–H and O–H groups in total. The van der Waals surface area contributed by atoms with E-state index in [1.165, 1.54) is 29.2 Å². The number of carbonyl (C=O) groups is 1. The van der Waals surface area contributed by atoms with Crippen LogP contribution in [0.15, 0.2) is 30.6 Å². The summed E-state index contributed by atoms with van der Waals surface area (Å²) in [6, 6.07) is 5.41. The molecular formula is C10H9FN4O. The van der Waals surface area contributed by atoms with Crippen LogP contribution in [0.2, 0.25) is 0 Å². The molecule has 0 aliphatic heterocycles. The molecule has 0 unspecified atom stereocenters. The van der Waals surface area contributed by atoms with E-state index in [9.17, 15) is 9.18 Å². The quantitative estimate of drug-likeness (QED) is 0.827. The molecule has 2 aromatic rings. The Morgan fingerprint density at radius 1 is 1.50 bits per heavy atom. The lowest BCUT2D eigenvalue weighted by Gasteiger charge is -2.00. The summed E-state index contributed by atoms with van der Waals surface area (Å²) in [6.45, 7) is 0. The van der Waals surface area contributed by atoms with Crippen LogP contribution in [0.1, 0.15) is 10.4 Å². The van der Waals surface area contributed by atoms with E-state index in [0.717, 1.165) is 6.07 Å². The maximum absolute atomic E-state index is 12.9. The Morgan fingerprint density at radius 3 is 2.94 bits per heavy atom. The van der Waals surface area contributed by atoms with Crippen molar-refractivity contribution in [2.75, 3.05) is 5.32 Å². The summed E-state index contributed by atoms with van der Waals surface area (Å²) in [7, 11) is 1.69. The molecule has 1 amide bonds. The molecule has 0 fully saturated rings. The van der Waals surface area contributed by atoms with Crippen LogP contribution in [0.4, 0.5) is 10.3 Å². The van der Waals surface area contributed by atoms with Crippen molar-refractivity contribution in [3.63, 3.8) is 0 Å². The van der Waals surface area contributed by atoms with Crippen LogP contribution in [0.5, 0.6) is 0 Å². The zero-order valence-corrected chi connectivity index (χ0v) is 8.51. The lowest BCUT2D eigenvalue weighted by atomic mass is 10.2. The first-order valence-corrected chi connectivity index (χ1v) is 4.58. The first kappa shape index (κ1) is 10.3. The lowest BCUT2D eigenvalue weighted by Crippen LogP contribution is -2.13. The summed E-state index contributed by atoms with van der Waals surface area (Å²) in [6.07, 6.45) is 1.46. The normalized spacial score (nSPS) is 10.1. The maximum Gasteiger partial charge on any atom is 0.258 e. The number of halogens is 1. The lowest BCUT2D eigenvalue weighted by molar-refractivity contribution is 0.102. The predicted molar refractivity (Wildman–Crippen MR) is 55.4 cm³/mol. The van der Waals surface area contributed by atoms with E-state index in [1.54, 1.807) is 7.05 Å². The van der Waals surface area contributed by atoms with Crippen molar-refractivity contribution in [3.8, 4) is 0 Å². The highest BCUT2D eigenvalue weighted by atomic mass is 19.1. The van der Waals surface area contributed by atoms with Crippen molar-refractivity contribution in [3.05, 3.63) is 42.0 Å². The Kier molecular flexibility index (Phi) is 2.63. The number of aromatic nitrogens is 3. The third-order valence-corrected chi connectivity index (χ3v) is 1.91. The summed E-state index contributed by atoms with van der Waals surface area (Å²) in [5, 5.41) is 6.34. The monoisotopic (exact) mass is 220 g/mol. The van der Waals surface area contributed by atoms with Gasteiger partial charge in [-0.2, -0.15) is 0 Å². The summed E-state index contributed by atoms with van der Waals surface area (Å²) in [5.41, 5.74) is 0.229. The Hall–Kier alpha value is -2.24. The van der Waals surface area contributed by atoms with Crippen LogP contribution < -0.4 is 5.32 Å². The van der Waals surface area contributed by atoms with Gasteiger partial charge in [0.1, 0.15) is 12.1 Å². The maximum atomic E-state index is 12.9. The highest BCUT2D eigenvalue weighted by Gasteiger charge is 2.08. The van der Waals surface area contributed by atoms with Crippen LogP contribution in [0.3, 0.4) is 0 Å². The average molecular weight is 220 g/mol. The first-order chi connectivity index (χ1) is 7.65. The first-order valence-electron chi connectivity index (χ1n) is 4.58. The topological polar surface area (TPSA) is 59.8 Å². The van der Waals surface area contributed by atoms with Gasteiger partial charge < -0.3 is 0 Å². The highest BCUT2D eigenvalue weighted by molar-refractivity contribution is 6.03. The summed E-state index contributed by atoms with van der Waals surface area (Å²) >= 11 is 0. The van der Waals surface area contributed by atoms with Crippen LogP contribution in [0.25, 0.3) is 0 Å². The molecule has 82 valence electrons. The summed E-state index contributed by atoms with van der Waals surface area (Å²) in [5.74, 6) is -0.705. The van der Waals surface area contributed by atoms with Gasteiger partial charge in [0.15, 0.2) is 0 Å². The van der Waals surface area contributed by atoms with Crippen molar-refractivity contribution in [1.82, 2.24) is 14.8 Å². The van der Waals surface area contributed by atoms with E-state index in [-0.39, 0.29) is 11.5 Å². The van der Waals surface area contributed by atoms with Gasteiger partial charge in [-0.15, -0.1) is 5.10 Å². The van der Waals surface area contributed by atoms with Gasteiger partial charge in [-0.1, -0.05) is 6.07 Å². The number of nitrogens with zero attached hydrogens (tertiary/aromatic N) is 3. The molecule has 0 aliphatic carbocycles. The number of rotatable bonds is 2. The van der Waals surface area contributed by atoms with E-state index >= 15 is 0 Å². The Bertz CT molecular complexity index is 523. The van der Waals surface area contributed by atoms with Gasteiger partial charge in [0.2, 0.25) is 5.95 Å². The van der Waals surface area contributed by atoms with E-state index < -0.39 is 11.7 Å². The Morgan fingerprint density at radius 2 is 2.31 bits per heavy atom. The van der Waals surface area contributed by atoms with Gasteiger partial charge in [-0.3, -0.25) is 14.8 Å². The van der Waals surface area contributed by atoms with E-state index in [2.05, 4.69) is 15.4 Å². The number of carbonyl (C=O) groups excluding carboxylic acids is 1. The standard InChI is InChI=1S/C10H9FN4O/c1-15-6-12-10(14-15)13-9(16)7-3-2-4-8(11)5-7/h2-6H,1H3,(H,13,14,16). The molecule has 2 rings (SSSR count). The minimum absolute atomic E-state index is 0.191. The molecule has 1 heterocycles. The second-order valence-corrected chi connectivity index (χ2v) is 3.21. The zero-order chi connectivity index (χ0) is 11.5. The molecule has 0 saturated carbocycles. The molecule has 1 aromatic heterocycles. The Balaban J connectivity index is 2.14. The molecule has 16 heavy (non-hydrogen) atoms. The van der Waals surface area contributed by atoms with Crippen molar-refractivity contribution < 1.29 is 9.18 Å². The molecule has 0 aliphatic rings. The fourth-order valence-corrected chi connectivity index (χ4v) is 1.20. The smallest absolute Gasteiger partial charge is 0.258 e. The van der Waals surface area contributed by atoms with Crippen LogP contribution in [0, 0.1) is 5.82 Å². The number of hydrogen-bond acceptors (Lipinski definition) is 3. The van der Waals surface area contributed by atoms with Gasteiger partial charge in [0.05, 0.1) is 0 Å². The molecule has 5 nitrogen and oxygen atoms in total. The number of benzene rings is 1. The number of amides is 1. The fourth-order valence-electron chi connectivity index (χ4n) is 1.20. The number of anilines is 1. The fraction of sp³-hybridized carbons (Fsp3) is 0.100. The predicted octanol–water partition coefficient (Wildman–Crippen LogP) is 1.21. The summed E-state index contributed by atoms with van der Waals surface area (Å²) < 4.78 is 14.3. The largest absolute Gasteiger partial charge is 0.289 e. The minimum atomic E-state index is -0.457. The molecule has 0 bridgehead atoms. The molecule has 0 atom stereocenters. The van der Waals surface area contributed by atoms with Crippen molar-refractivity contribution in [2.45, 2.75) is 0 Å². The molecule has 0 spiro atoms. The van der Waals surface area contributed by atoms with Crippen molar-refractivity contribution in [2.24, 2.45) is 7.05 Å². The molecule has 1 aromatic carbocycles. The van der Waals surface area contributed by atoms with Crippen LogP contribution in [-0.4, -0.2) is 20.7 Å². The third-order valence-electron chi connectivity index (χ3n) is 1.91. The number of hydrogen-bond donors (Lipinski definition) is 1. The SMILES string of the molecule is Cn1cnc(NC(=O)c2cccc(F)c2)n1. The number of nitrogens with one attached hydrogen (secondary N) is 1. The molecule has 0 radical (unpaired) electrons. The van der Waals surface area contributed by atoms with Gasteiger partial charge in [0, 0.05) is 12.6 Å².